The van der Waals surface area contributed by atoms with Crippen molar-refractivity contribution in [2.45, 2.75) is 631 Å². The van der Waals surface area contributed by atoms with E-state index in [4.69, 9.17) is 4.98 Å². The largest absolute Gasteiger partial charge is 0.321 e. The summed E-state index contributed by atoms with van der Waals surface area (Å²) in [5.74, 6) is 2.29. The molecule has 145 heavy (non-hydrogen) atoms. The van der Waals surface area contributed by atoms with E-state index in [1.165, 1.54) is 559 Å². The number of hydrogen-bond donors (Lipinski definition) is 1. The van der Waals surface area contributed by atoms with Crippen molar-refractivity contribution in [1.82, 2.24) is 34.5 Å². The fraction of sp³-hybridized carbons (Fsp3) is 0.804. The van der Waals surface area contributed by atoms with Crippen molar-refractivity contribution in [2.24, 2.45) is 17.8 Å². The van der Waals surface area contributed by atoms with E-state index >= 15 is 0 Å². The van der Waals surface area contributed by atoms with Gasteiger partial charge >= 0.3 is 0 Å². The number of likely N-dealkylation sites (tertiary alicyclic amines) is 1. The van der Waals surface area contributed by atoms with E-state index in [-0.39, 0.29) is 0 Å². The van der Waals surface area contributed by atoms with Gasteiger partial charge in [-0.25, -0.2) is 4.98 Å². The fourth-order valence-corrected chi connectivity index (χ4v) is 22.8. The minimum Gasteiger partial charge on any atom is -0.321 e. The Kier molecular flexibility index (Phi) is 101. The molecule has 1 N–H and O–H groups in total. The first-order valence-corrected chi connectivity index (χ1v) is 65.1. The number of nitrogens with zero attached hydrogens (tertiary/aromatic N) is 6. The summed E-state index contributed by atoms with van der Waals surface area (Å²) < 4.78 is 2.47. The second-order valence-corrected chi connectivity index (χ2v) is 46.1. The van der Waals surface area contributed by atoms with Gasteiger partial charge in [-0.05, 0) is 374 Å². The van der Waals surface area contributed by atoms with Gasteiger partial charge in [-0.15, -0.1) is 0 Å². The second-order valence-electron chi connectivity index (χ2n) is 46.1. The average molecular weight is 2010 g/mol. The first-order chi connectivity index (χ1) is 71.8. The zero-order chi connectivity index (χ0) is 103. The highest BCUT2D eigenvalue weighted by Gasteiger charge is 2.26. The molecule has 6 atom stereocenters. The Labute approximate surface area is 908 Å². The number of allylic oxidation sites excluding steroid dienone is 24. The minimum absolute atomic E-state index is 0.365. The van der Waals surface area contributed by atoms with E-state index in [9.17, 15) is 0 Å². The van der Waals surface area contributed by atoms with Crippen LogP contribution in [0.2, 0.25) is 0 Å². The molecule has 0 amide bonds. The van der Waals surface area contributed by atoms with Crippen LogP contribution in [0.5, 0.6) is 0 Å². The number of unbranched alkanes of at least 4 members (excludes halogenated alkanes) is 50. The predicted octanol–water partition coefficient (Wildman–Crippen LogP) is 43.3. The van der Waals surface area contributed by atoms with E-state index in [0.29, 0.717) is 12.2 Å². The molecule has 3 heterocycles. The summed E-state index contributed by atoms with van der Waals surface area (Å²) in [6.45, 7) is 22.6. The molecular weight excluding hydrogens is 1760 g/mol. The molecule has 1 aromatic heterocycles. The van der Waals surface area contributed by atoms with Crippen LogP contribution in [0.15, 0.2) is 158 Å². The van der Waals surface area contributed by atoms with Crippen molar-refractivity contribution in [3.63, 3.8) is 0 Å². The quantitative estimate of drug-likeness (QED) is 0.0518. The molecule has 1 aromatic rings. The Morgan fingerprint density at radius 1 is 0.290 bits per heavy atom. The number of rotatable bonds is 109. The van der Waals surface area contributed by atoms with Crippen LogP contribution in [0.25, 0.3) is 0 Å². The third-order valence-corrected chi connectivity index (χ3v) is 32.8. The monoisotopic (exact) mass is 2010 g/mol. The van der Waals surface area contributed by atoms with Crippen LogP contribution < -0.4 is 5.32 Å². The van der Waals surface area contributed by atoms with Crippen LogP contribution >= 0.6 is 0 Å². The van der Waals surface area contributed by atoms with Crippen LogP contribution in [0, 0.1) is 17.8 Å². The van der Waals surface area contributed by atoms with Crippen molar-refractivity contribution in [2.75, 3.05) is 67.0 Å². The third kappa shape index (κ3) is 87.0. The maximum Gasteiger partial charge on any atom is 0.0962 e. The van der Waals surface area contributed by atoms with E-state index in [1.807, 2.05) is 0 Å². The molecule has 0 aliphatic carbocycles. The number of hydrogen-bond acceptors (Lipinski definition) is 6. The molecule has 2 saturated heterocycles. The van der Waals surface area contributed by atoms with Gasteiger partial charge in [0.25, 0.3) is 0 Å². The Hall–Kier alpha value is -4.11. The molecule has 0 spiro atoms. The number of aryl methyl sites for hydroxylation is 1. The minimum atomic E-state index is 0.365. The summed E-state index contributed by atoms with van der Waals surface area (Å²) in [6.07, 6.45) is 180. The van der Waals surface area contributed by atoms with Crippen LogP contribution in [-0.4, -0.2) is 114 Å². The van der Waals surface area contributed by atoms with Crippen LogP contribution in [0.3, 0.4) is 0 Å². The lowest BCUT2D eigenvalue weighted by Crippen LogP contribution is -2.35. The fourth-order valence-electron chi connectivity index (χ4n) is 22.8. The summed E-state index contributed by atoms with van der Waals surface area (Å²) >= 11 is 0. The molecule has 6 unspecified atom stereocenters. The normalized spacial score (nSPS) is 16.2. The molecule has 2 aliphatic rings. The van der Waals surface area contributed by atoms with Crippen molar-refractivity contribution < 1.29 is 0 Å². The number of aromatic nitrogens is 2. The van der Waals surface area contributed by atoms with Gasteiger partial charge in [0, 0.05) is 24.3 Å². The summed E-state index contributed by atoms with van der Waals surface area (Å²) in [5, 5.41) is 3.96. The Morgan fingerprint density at radius 2 is 0.559 bits per heavy atom. The predicted molar refractivity (Wildman–Crippen MR) is 655 cm³/mol. The van der Waals surface area contributed by atoms with Crippen LogP contribution in [0.1, 0.15) is 612 Å². The lowest BCUT2D eigenvalue weighted by molar-refractivity contribution is 0.191. The van der Waals surface area contributed by atoms with Gasteiger partial charge in [-0.2, -0.15) is 0 Å². The Bertz CT molecular complexity index is 3130. The van der Waals surface area contributed by atoms with Crippen molar-refractivity contribution >= 4 is 0 Å². The van der Waals surface area contributed by atoms with E-state index in [0.717, 1.165) is 87.9 Å². The molecule has 7 nitrogen and oxygen atoms in total. The Morgan fingerprint density at radius 3 is 0.869 bits per heavy atom. The zero-order valence-corrected chi connectivity index (χ0v) is 98.9. The first-order valence-electron chi connectivity index (χ1n) is 65.1. The molecule has 0 aromatic carbocycles. The number of nitrogens with one attached hydrogen (secondary N) is 1. The third-order valence-electron chi connectivity index (χ3n) is 32.8. The van der Waals surface area contributed by atoms with Gasteiger partial charge in [-0.3, -0.25) is 5.32 Å². The van der Waals surface area contributed by atoms with Gasteiger partial charge in [-0.1, -0.05) is 463 Å². The van der Waals surface area contributed by atoms with E-state index < -0.39 is 0 Å². The van der Waals surface area contributed by atoms with Crippen molar-refractivity contribution in [3.8, 4) is 0 Å². The summed E-state index contributed by atoms with van der Waals surface area (Å²) in [7, 11) is 7.49. The van der Waals surface area contributed by atoms with E-state index in [2.05, 4.69) is 251 Å². The van der Waals surface area contributed by atoms with Crippen LogP contribution in [0.4, 0.5) is 0 Å². The van der Waals surface area contributed by atoms with E-state index in [1.54, 1.807) is 0 Å². The molecule has 838 valence electrons. The summed E-state index contributed by atoms with van der Waals surface area (Å²) in [5.41, 5.74) is 1.29. The topological polar surface area (TPSA) is 42.8 Å². The first kappa shape index (κ1) is 135. The zero-order valence-electron chi connectivity index (χ0n) is 98.9. The number of imidazole rings is 1. The van der Waals surface area contributed by atoms with Crippen LogP contribution in [-0.2, 0) is 6.42 Å². The SMILES string of the molecule is CCCCCC=CCC=CCCCCCCCCC(CCCCCCCCC=CCC=CCCCCC)N(C)CCCCC1CCNC(n2cnc(CCCN(C)C(CCCCCCCCC=CCC=CCCCCC)CCCCCCC(CC=CCC=CCCCCC)C(CC=CCC=CCCCCC)CCCCCCC(CCCCCCCCC=CCC=CCCCCC)N(C)CCCCN3CCCCC3)c2)C1. The molecular formula is C138H251N7. The summed E-state index contributed by atoms with van der Waals surface area (Å²) in [4.78, 5) is 16.4. The highest BCUT2D eigenvalue weighted by atomic mass is 15.2. The standard InChI is InChI=1S/C138H251N7/c1-10-16-22-28-34-40-44-48-52-56-60-64-70-76-82-95-114-135(115-96-83-77-71-65-61-57-53-49-45-41-35-29-23-17-11-2)141(7)122-104-101-108-131-120-121-139-138(128-131)145-129-134(140-130-145)113-107-124-143(9)137(117-98-85-79-73-67-63-59-55-51-47-43-37-31-25-19-13-4)119-100-89-87-94-112-133(110-92-81-75-69-39-33-27-21-15-6)132(109-91-80-74-68-38-32-26-20-14-5)111-93-86-88-99-118-136(142(8)123-105-106-127-144-125-102-90-103-126-144)116-97-84-78-72-66-62-58-54-50-46-42-36-30-24-18-12-3/h34-43,48-55,68-69,80-81,91-92,129-133,135-139H,10-33,44-47,56-67,70-79,82-90,93-128H2,1-9H3. The molecule has 2 aliphatic heterocycles. The lowest BCUT2D eigenvalue weighted by Gasteiger charge is -2.32. The Balaban J connectivity index is 1.67. The van der Waals surface area contributed by atoms with Crippen molar-refractivity contribution in [3.05, 3.63) is 164 Å². The second kappa shape index (κ2) is 108. The van der Waals surface area contributed by atoms with Gasteiger partial charge in [0.05, 0.1) is 18.2 Å². The molecule has 0 saturated carbocycles. The smallest absolute Gasteiger partial charge is 0.0962 e. The maximum atomic E-state index is 5.15. The van der Waals surface area contributed by atoms with Gasteiger partial charge < -0.3 is 24.2 Å². The average Bonchev–Trinajstić information content (AvgIpc) is 1.73. The lowest BCUT2D eigenvalue weighted by atomic mass is 9.79. The van der Waals surface area contributed by atoms with Crippen molar-refractivity contribution in [1.29, 1.82) is 0 Å². The molecule has 0 radical (unpaired) electrons. The van der Waals surface area contributed by atoms with Gasteiger partial charge in [0.2, 0.25) is 0 Å². The molecule has 7 heteroatoms. The molecule has 0 bridgehead atoms. The highest BCUT2D eigenvalue weighted by Crippen LogP contribution is 2.34. The summed E-state index contributed by atoms with van der Waals surface area (Å²) in [6, 6.07) is 2.14. The maximum absolute atomic E-state index is 5.15. The van der Waals surface area contributed by atoms with Gasteiger partial charge in [0.1, 0.15) is 0 Å². The molecule has 2 fully saturated rings. The number of piperidine rings is 2. The highest BCUT2D eigenvalue weighted by molar-refractivity contribution is 5.02. The molecule has 3 rings (SSSR count). The van der Waals surface area contributed by atoms with Gasteiger partial charge in [0.15, 0.2) is 0 Å².